The van der Waals surface area contributed by atoms with Crippen molar-refractivity contribution < 1.29 is 28.8 Å². The normalized spacial score (nSPS) is 25.8. The van der Waals surface area contributed by atoms with Crippen molar-refractivity contribution in [3.63, 3.8) is 0 Å². The van der Waals surface area contributed by atoms with Gasteiger partial charge in [0.15, 0.2) is 12.1 Å². The zero-order chi connectivity index (χ0) is 30.5. The number of benzene rings is 2. The summed E-state index contributed by atoms with van der Waals surface area (Å²) in [6, 6.07) is 12.3. The molecule has 43 heavy (non-hydrogen) atoms. The lowest BCUT2D eigenvalue weighted by atomic mass is 9.91. The average molecular weight is 629 g/mol. The number of thiazole rings is 1. The second kappa shape index (κ2) is 11.7. The van der Waals surface area contributed by atoms with Gasteiger partial charge in [-0.05, 0) is 46.8 Å². The Hall–Kier alpha value is -3.17. The summed E-state index contributed by atoms with van der Waals surface area (Å²) in [5.41, 5.74) is 6.96. The van der Waals surface area contributed by atoms with Crippen LogP contribution in [0.3, 0.4) is 0 Å². The van der Waals surface area contributed by atoms with Gasteiger partial charge in [-0.25, -0.2) is 24.9 Å². The van der Waals surface area contributed by atoms with Gasteiger partial charge in [-0.2, -0.15) is 5.10 Å². The molecule has 2 saturated heterocycles. The van der Waals surface area contributed by atoms with E-state index in [1.54, 1.807) is 32.4 Å². The van der Waals surface area contributed by atoms with Crippen molar-refractivity contribution >= 4 is 39.2 Å². The van der Waals surface area contributed by atoms with Crippen molar-refractivity contribution in [1.29, 1.82) is 0 Å². The molecule has 0 radical (unpaired) electrons. The molecule has 4 heterocycles. The molecule has 0 saturated carbocycles. The fraction of sp³-hybridized carbons (Fsp3) is 0.448. The maximum Gasteiger partial charge on any atom is 0.422 e. The monoisotopic (exact) mass is 628 g/mol. The van der Waals surface area contributed by atoms with E-state index in [4.69, 9.17) is 30.5 Å². The van der Waals surface area contributed by atoms with Crippen molar-refractivity contribution in [3.8, 4) is 5.69 Å². The second-order valence-electron chi connectivity index (χ2n) is 11.5. The molecule has 14 heteroatoms. The van der Waals surface area contributed by atoms with Gasteiger partial charge < -0.3 is 24.1 Å². The second-order valence-corrected chi connectivity index (χ2v) is 13.0. The van der Waals surface area contributed by atoms with Crippen LogP contribution in [0.5, 0.6) is 0 Å². The summed E-state index contributed by atoms with van der Waals surface area (Å²) in [7, 11) is 0. The lowest BCUT2D eigenvalue weighted by Gasteiger charge is -2.48. The molecule has 0 spiro atoms. The summed E-state index contributed by atoms with van der Waals surface area (Å²) in [5.74, 6) is 0.793. The minimum Gasteiger partial charge on any atom is -0.443 e. The molecular formula is C29H33ClN6O6S. The molecule has 4 unspecified atom stereocenters. The molecular weight excluding hydrogens is 596 g/mol. The molecule has 1 amide bonds. The molecule has 4 aromatic rings. The molecule has 2 aliphatic heterocycles. The molecule has 2 aliphatic rings. The Balaban J connectivity index is 1.34. The van der Waals surface area contributed by atoms with Crippen molar-refractivity contribution in [2.75, 3.05) is 6.61 Å². The van der Waals surface area contributed by atoms with E-state index in [2.05, 4.69) is 25.9 Å². The zero-order valence-corrected chi connectivity index (χ0v) is 25.8. The number of hydrazine groups is 1. The molecule has 0 bridgehead atoms. The first-order valence-corrected chi connectivity index (χ1v) is 15.1. The van der Waals surface area contributed by atoms with E-state index in [0.29, 0.717) is 22.4 Å². The van der Waals surface area contributed by atoms with Crippen molar-refractivity contribution in [2.24, 2.45) is 0 Å². The van der Waals surface area contributed by atoms with E-state index in [9.17, 15) is 9.90 Å². The van der Waals surface area contributed by atoms with Crippen LogP contribution >= 0.6 is 22.9 Å². The van der Waals surface area contributed by atoms with E-state index >= 15 is 0 Å². The van der Waals surface area contributed by atoms with Gasteiger partial charge >= 0.3 is 6.09 Å². The molecule has 228 valence electrons. The lowest BCUT2D eigenvalue weighted by Crippen LogP contribution is -2.66. The standard InChI is InChI=1S/C29H33ClN6O6S/c1-14-31-26(36(35-14)18-12-11-17-25(20(18)30)43-15(2)32-17)24-22(37)21(33-34-28(38)42-29(3,4)5)23-19(40-24)13-39-27(41-23)16-9-7-6-8-10-16/h6-12,19,21-24,27,33,37H,13H2,1-5H3,(H,34,38)/t19?,21?,22?,23-,24+,27?/m0/s1. The minimum absolute atomic E-state index is 0.165. The van der Waals surface area contributed by atoms with Crippen LogP contribution in [-0.4, -0.2) is 67.5 Å². The summed E-state index contributed by atoms with van der Waals surface area (Å²) in [4.78, 5) is 21.7. The molecule has 6 rings (SSSR count). The maximum atomic E-state index is 12.6. The summed E-state index contributed by atoms with van der Waals surface area (Å²) >= 11 is 8.34. The SMILES string of the molecule is Cc1nc([C@@H]2OC3COC(c4ccccc4)O[C@@H]3C(NNC(=O)OC(C)(C)C)C2O)n(-c2ccc3nc(C)sc3c2Cl)n1. The molecule has 2 aromatic carbocycles. The van der Waals surface area contributed by atoms with E-state index in [1.807, 2.05) is 49.4 Å². The van der Waals surface area contributed by atoms with Gasteiger partial charge in [-0.1, -0.05) is 41.9 Å². The van der Waals surface area contributed by atoms with Gasteiger partial charge in [-0.15, -0.1) is 11.3 Å². The first kappa shape index (κ1) is 29.9. The van der Waals surface area contributed by atoms with E-state index in [0.717, 1.165) is 20.8 Å². The molecule has 2 aromatic heterocycles. The maximum absolute atomic E-state index is 12.6. The Bertz CT molecular complexity index is 1620. The number of hydrogen-bond acceptors (Lipinski definition) is 11. The number of aromatic nitrogens is 4. The molecule has 3 N–H and O–H groups in total. The van der Waals surface area contributed by atoms with Gasteiger partial charge in [0.2, 0.25) is 0 Å². The number of hydrogen-bond donors (Lipinski definition) is 3. The van der Waals surface area contributed by atoms with E-state index < -0.39 is 48.4 Å². The molecule has 12 nitrogen and oxygen atoms in total. The fourth-order valence-electron chi connectivity index (χ4n) is 5.26. The average Bonchev–Trinajstić information content (AvgIpc) is 3.54. The summed E-state index contributed by atoms with van der Waals surface area (Å²) in [6.07, 6.45) is -4.97. The highest BCUT2D eigenvalue weighted by molar-refractivity contribution is 7.19. The number of aliphatic hydroxyl groups excluding tert-OH is 1. The first-order valence-electron chi connectivity index (χ1n) is 13.9. The summed E-state index contributed by atoms with van der Waals surface area (Å²) < 4.78 is 26.6. The smallest absolute Gasteiger partial charge is 0.422 e. The molecule has 2 fully saturated rings. The van der Waals surface area contributed by atoms with Gasteiger partial charge in [0.25, 0.3) is 0 Å². The van der Waals surface area contributed by atoms with Gasteiger partial charge in [-0.3, -0.25) is 5.43 Å². The first-order chi connectivity index (χ1) is 20.5. The Morgan fingerprint density at radius 1 is 1.14 bits per heavy atom. The summed E-state index contributed by atoms with van der Waals surface area (Å²) in [6.45, 7) is 9.12. The van der Waals surface area contributed by atoms with Crippen LogP contribution < -0.4 is 10.9 Å². The van der Waals surface area contributed by atoms with Gasteiger partial charge in [0.05, 0.1) is 38.6 Å². The minimum atomic E-state index is -1.25. The number of fused-ring (bicyclic) bond motifs is 2. The number of aliphatic hydroxyl groups is 1. The van der Waals surface area contributed by atoms with Crippen molar-refractivity contribution in [3.05, 3.63) is 69.7 Å². The fourth-order valence-corrected chi connectivity index (χ4v) is 6.47. The third-order valence-corrected chi connectivity index (χ3v) is 8.53. The van der Waals surface area contributed by atoms with Crippen LogP contribution in [0, 0.1) is 13.8 Å². The number of nitrogens with zero attached hydrogens (tertiary/aromatic N) is 4. The number of amides is 1. The topological polar surface area (TPSA) is 142 Å². The predicted molar refractivity (Wildman–Crippen MR) is 159 cm³/mol. The highest BCUT2D eigenvalue weighted by atomic mass is 35.5. The van der Waals surface area contributed by atoms with Crippen molar-refractivity contribution in [1.82, 2.24) is 30.6 Å². The van der Waals surface area contributed by atoms with Crippen molar-refractivity contribution in [2.45, 2.75) is 77.0 Å². The van der Waals surface area contributed by atoms with Crippen LogP contribution in [0.15, 0.2) is 42.5 Å². The Morgan fingerprint density at radius 2 is 1.91 bits per heavy atom. The number of carbonyl (C=O) groups is 1. The highest BCUT2D eigenvalue weighted by Crippen LogP contribution is 2.40. The number of ether oxygens (including phenoxy) is 4. The highest BCUT2D eigenvalue weighted by Gasteiger charge is 2.51. The number of halogens is 1. The Morgan fingerprint density at radius 3 is 2.65 bits per heavy atom. The predicted octanol–water partition coefficient (Wildman–Crippen LogP) is 4.46. The third kappa shape index (κ3) is 6.11. The van der Waals surface area contributed by atoms with Crippen LogP contribution in [0.2, 0.25) is 5.02 Å². The van der Waals surface area contributed by atoms with E-state index in [-0.39, 0.29) is 6.61 Å². The Labute approximate surface area is 257 Å². The number of aryl methyl sites for hydroxylation is 2. The van der Waals surface area contributed by atoms with Gasteiger partial charge in [0, 0.05) is 5.56 Å². The number of carbonyl (C=O) groups excluding carboxylic acids is 1. The van der Waals surface area contributed by atoms with Crippen LogP contribution in [-0.2, 0) is 18.9 Å². The third-order valence-electron chi connectivity index (χ3n) is 7.03. The zero-order valence-electron chi connectivity index (χ0n) is 24.3. The van der Waals surface area contributed by atoms with E-state index in [1.165, 1.54) is 11.3 Å². The molecule has 0 aliphatic carbocycles. The largest absolute Gasteiger partial charge is 0.443 e. The van der Waals surface area contributed by atoms with Crippen LogP contribution in [0.4, 0.5) is 4.79 Å². The molecule has 6 atom stereocenters. The lowest BCUT2D eigenvalue weighted by molar-refractivity contribution is -0.313. The summed E-state index contributed by atoms with van der Waals surface area (Å²) in [5, 5.41) is 17.8. The van der Waals surface area contributed by atoms with Crippen LogP contribution in [0.1, 0.15) is 55.4 Å². The Kier molecular flexibility index (Phi) is 8.15. The number of nitrogens with one attached hydrogen (secondary N) is 2. The van der Waals surface area contributed by atoms with Gasteiger partial charge in [0.1, 0.15) is 35.8 Å². The quantitative estimate of drug-likeness (QED) is 0.271. The number of rotatable bonds is 5. The van der Waals surface area contributed by atoms with Crippen LogP contribution in [0.25, 0.3) is 15.9 Å².